The highest BCUT2D eigenvalue weighted by molar-refractivity contribution is 7.99. The first kappa shape index (κ1) is 19.6. The molecule has 3 nitrogen and oxygen atoms in total. The van der Waals surface area contributed by atoms with Crippen LogP contribution in [0, 0.1) is 0 Å². The molecular formula is C23H27NO2S. The number of carbonyl (C=O) groups excluding carboxylic acids is 1. The van der Waals surface area contributed by atoms with Crippen molar-refractivity contribution in [2.45, 2.75) is 49.6 Å². The molecule has 1 heterocycles. The number of para-hydroxylation sites is 1. The molecule has 0 fully saturated rings. The number of rotatable bonds is 7. The number of nitrogens with one attached hydrogen (secondary N) is 1. The molecule has 3 rings (SSSR count). The van der Waals surface area contributed by atoms with Gasteiger partial charge in [-0.15, -0.1) is 18.3 Å². The van der Waals surface area contributed by atoms with Crippen LogP contribution in [0.5, 0.6) is 5.75 Å². The number of thioether (sulfide) groups is 1. The molecule has 142 valence electrons. The number of hydrogen-bond acceptors (Lipinski definition) is 3. The summed E-state index contributed by atoms with van der Waals surface area (Å²) in [6, 6.07) is 15.7. The van der Waals surface area contributed by atoms with Crippen molar-refractivity contribution < 1.29 is 9.53 Å². The fourth-order valence-corrected chi connectivity index (χ4v) is 4.38. The molecule has 1 aliphatic rings. The molecule has 0 spiro atoms. The van der Waals surface area contributed by atoms with Gasteiger partial charge in [0, 0.05) is 22.6 Å². The first-order valence-corrected chi connectivity index (χ1v) is 10.5. The topological polar surface area (TPSA) is 38.3 Å². The molecule has 0 aromatic heterocycles. The summed E-state index contributed by atoms with van der Waals surface area (Å²) in [7, 11) is 0. The number of amides is 1. The molecule has 4 heteroatoms. The van der Waals surface area contributed by atoms with Crippen LogP contribution in [0.25, 0.3) is 0 Å². The molecular weight excluding hydrogens is 354 g/mol. The highest BCUT2D eigenvalue weighted by Gasteiger charge is 2.39. The van der Waals surface area contributed by atoms with Crippen molar-refractivity contribution >= 4 is 17.7 Å². The minimum absolute atomic E-state index is 0.0371. The Morgan fingerprint density at radius 1 is 1.22 bits per heavy atom. The maximum atomic E-state index is 13.1. The molecule has 27 heavy (non-hydrogen) atoms. The minimum Gasteiger partial charge on any atom is -0.487 e. The SMILES string of the molecule is C=CCSc1ccccc1C(=O)N[C@H]1CC(CC)(CC)Oc2ccccc21. The van der Waals surface area contributed by atoms with Crippen LogP contribution in [-0.4, -0.2) is 17.3 Å². The smallest absolute Gasteiger partial charge is 0.252 e. The van der Waals surface area contributed by atoms with E-state index in [9.17, 15) is 4.79 Å². The maximum absolute atomic E-state index is 13.1. The standard InChI is InChI=1S/C23H27NO2S/c1-4-15-27-21-14-10-8-12-18(21)22(25)24-19-16-23(5-2,6-3)26-20-13-9-7-11-17(19)20/h4,7-14,19H,1,5-6,15-16H2,2-3H3,(H,24,25)/t19-/m0/s1. The first-order chi connectivity index (χ1) is 13.1. The molecule has 1 N–H and O–H groups in total. The Labute approximate surface area is 166 Å². The summed E-state index contributed by atoms with van der Waals surface area (Å²) in [5.74, 6) is 1.62. The van der Waals surface area contributed by atoms with E-state index < -0.39 is 0 Å². The van der Waals surface area contributed by atoms with E-state index in [1.807, 2.05) is 54.6 Å². The molecule has 2 aromatic carbocycles. The zero-order valence-electron chi connectivity index (χ0n) is 16.0. The van der Waals surface area contributed by atoms with Crippen LogP contribution < -0.4 is 10.1 Å². The molecule has 0 saturated carbocycles. The highest BCUT2D eigenvalue weighted by Crippen LogP contribution is 2.42. The van der Waals surface area contributed by atoms with Gasteiger partial charge in [-0.05, 0) is 31.0 Å². The molecule has 0 bridgehead atoms. The third kappa shape index (κ3) is 4.22. The van der Waals surface area contributed by atoms with E-state index in [2.05, 4.69) is 25.7 Å². The first-order valence-electron chi connectivity index (χ1n) is 9.54. The predicted molar refractivity (Wildman–Crippen MR) is 113 cm³/mol. The summed E-state index contributed by atoms with van der Waals surface area (Å²) in [5.41, 5.74) is 1.54. The van der Waals surface area contributed by atoms with Crippen molar-refractivity contribution in [1.29, 1.82) is 0 Å². The second kappa shape index (κ2) is 8.66. The number of carbonyl (C=O) groups is 1. The molecule has 1 atom stereocenters. The van der Waals surface area contributed by atoms with E-state index in [-0.39, 0.29) is 17.6 Å². The molecule has 1 amide bonds. The molecule has 0 saturated heterocycles. The van der Waals surface area contributed by atoms with Gasteiger partial charge in [0.1, 0.15) is 11.4 Å². The van der Waals surface area contributed by atoms with E-state index in [4.69, 9.17) is 4.74 Å². The average molecular weight is 382 g/mol. The average Bonchev–Trinajstić information content (AvgIpc) is 2.72. The van der Waals surface area contributed by atoms with Gasteiger partial charge < -0.3 is 10.1 Å². The summed E-state index contributed by atoms with van der Waals surface area (Å²) >= 11 is 1.63. The Kier molecular flexibility index (Phi) is 6.27. The maximum Gasteiger partial charge on any atom is 0.252 e. The van der Waals surface area contributed by atoms with Crippen LogP contribution in [0.2, 0.25) is 0 Å². The summed E-state index contributed by atoms with van der Waals surface area (Å²) in [6.07, 6.45) is 4.46. The minimum atomic E-state index is -0.233. The van der Waals surface area contributed by atoms with Crippen molar-refractivity contribution in [2.24, 2.45) is 0 Å². The number of fused-ring (bicyclic) bond motifs is 1. The van der Waals surface area contributed by atoms with Crippen molar-refractivity contribution in [1.82, 2.24) is 5.32 Å². The van der Waals surface area contributed by atoms with Crippen molar-refractivity contribution in [3.63, 3.8) is 0 Å². The summed E-state index contributed by atoms with van der Waals surface area (Å²) in [5, 5.41) is 3.27. The second-order valence-corrected chi connectivity index (χ2v) is 7.92. The molecule has 0 unspecified atom stereocenters. The zero-order chi connectivity index (χ0) is 19.3. The Hall–Kier alpha value is -2.20. The van der Waals surface area contributed by atoms with Gasteiger partial charge in [0.05, 0.1) is 11.6 Å². The van der Waals surface area contributed by atoms with Gasteiger partial charge in [-0.3, -0.25) is 4.79 Å². The molecule has 2 aromatic rings. The molecule has 0 aliphatic carbocycles. The third-order valence-corrected chi connectivity index (χ3v) is 6.35. The molecule has 1 aliphatic heterocycles. The van der Waals surface area contributed by atoms with E-state index >= 15 is 0 Å². The Bertz CT molecular complexity index is 814. The van der Waals surface area contributed by atoms with Gasteiger partial charge in [-0.25, -0.2) is 0 Å². The van der Waals surface area contributed by atoms with E-state index in [0.29, 0.717) is 5.56 Å². The fraction of sp³-hybridized carbons (Fsp3) is 0.348. The number of hydrogen-bond donors (Lipinski definition) is 1. The summed E-state index contributed by atoms with van der Waals surface area (Å²) in [6.45, 7) is 8.07. The van der Waals surface area contributed by atoms with Crippen LogP contribution in [0.15, 0.2) is 66.1 Å². The lowest BCUT2D eigenvalue weighted by Gasteiger charge is -2.41. The van der Waals surface area contributed by atoms with Crippen LogP contribution in [0.3, 0.4) is 0 Å². The van der Waals surface area contributed by atoms with Gasteiger partial charge in [0.2, 0.25) is 0 Å². The van der Waals surface area contributed by atoms with E-state index in [1.54, 1.807) is 11.8 Å². The largest absolute Gasteiger partial charge is 0.487 e. The monoisotopic (exact) mass is 381 g/mol. The van der Waals surface area contributed by atoms with Crippen LogP contribution >= 0.6 is 11.8 Å². The van der Waals surface area contributed by atoms with Crippen molar-refractivity contribution in [2.75, 3.05) is 5.75 Å². The van der Waals surface area contributed by atoms with Crippen molar-refractivity contribution in [3.8, 4) is 5.75 Å². The fourth-order valence-electron chi connectivity index (χ4n) is 3.59. The van der Waals surface area contributed by atoms with Crippen LogP contribution in [0.1, 0.15) is 55.1 Å². The zero-order valence-corrected chi connectivity index (χ0v) is 16.9. The van der Waals surface area contributed by atoms with Gasteiger partial charge in [0.15, 0.2) is 0 Å². The summed E-state index contributed by atoms with van der Waals surface area (Å²) in [4.78, 5) is 14.1. The quantitative estimate of drug-likeness (QED) is 0.488. The van der Waals surface area contributed by atoms with Gasteiger partial charge in [0.25, 0.3) is 5.91 Å². The Morgan fingerprint density at radius 2 is 1.93 bits per heavy atom. The van der Waals surface area contributed by atoms with E-state index in [1.165, 1.54) is 0 Å². The Balaban J connectivity index is 1.88. The number of ether oxygens (including phenoxy) is 1. The lowest BCUT2D eigenvalue weighted by molar-refractivity contribution is 0.0227. The third-order valence-electron chi connectivity index (χ3n) is 5.28. The van der Waals surface area contributed by atoms with E-state index in [0.717, 1.165) is 41.2 Å². The lowest BCUT2D eigenvalue weighted by atomic mass is 9.83. The predicted octanol–water partition coefficient (Wildman–Crippen LogP) is 5.78. The number of benzene rings is 2. The Morgan fingerprint density at radius 3 is 2.67 bits per heavy atom. The highest BCUT2D eigenvalue weighted by atomic mass is 32.2. The second-order valence-electron chi connectivity index (χ2n) is 6.86. The summed E-state index contributed by atoms with van der Waals surface area (Å²) < 4.78 is 6.35. The van der Waals surface area contributed by atoms with Crippen LogP contribution in [0.4, 0.5) is 0 Å². The van der Waals surface area contributed by atoms with Crippen LogP contribution in [-0.2, 0) is 0 Å². The molecule has 0 radical (unpaired) electrons. The van der Waals surface area contributed by atoms with Gasteiger partial charge >= 0.3 is 0 Å². The van der Waals surface area contributed by atoms with Gasteiger partial charge in [-0.1, -0.05) is 50.3 Å². The van der Waals surface area contributed by atoms with Crippen molar-refractivity contribution in [3.05, 3.63) is 72.3 Å². The van der Waals surface area contributed by atoms with Gasteiger partial charge in [-0.2, -0.15) is 0 Å². The normalized spacial score (nSPS) is 17.5. The lowest BCUT2D eigenvalue weighted by Crippen LogP contribution is -2.44.